The van der Waals surface area contributed by atoms with Gasteiger partial charge in [-0.25, -0.2) is 9.59 Å². The van der Waals surface area contributed by atoms with Crippen molar-refractivity contribution in [1.29, 1.82) is 5.41 Å². The van der Waals surface area contributed by atoms with E-state index in [1.54, 1.807) is 24.3 Å². The lowest BCUT2D eigenvalue weighted by Gasteiger charge is -2.03. The number of carbonyl (C=O) groups excluding carboxylic acids is 1. The van der Waals surface area contributed by atoms with Crippen molar-refractivity contribution in [2.45, 2.75) is 12.7 Å². The highest BCUT2D eigenvalue weighted by molar-refractivity contribution is 5.97. The summed E-state index contributed by atoms with van der Waals surface area (Å²) in [4.78, 5) is 19.2. The van der Waals surface area contributed by atoms with Crippen LogP contribution in [0.15, 0.2) is 24.3 Å². The van der Waals surface area contributed by atoms with Crippen molar-refractivity contribution in [3.63, 3.8) is 0 Å². The van der Waals surface area contributed by atoms with E-state index < -0.39 is 18.2 Å². The van der Waals surface area contributed by atoms with Crippen LogP contribution in [0.2, 0.25) is 0 Å². The van der Waals surface area contributed by atoms with Gasteiger partial charge in [0.1, 0.15) is 0 Å². The highest BCUT2D eigenvalue weighted by Gasteiger charge is 2.38. The van der Waals surface area contributed by atoms with Crippen LogP contribution >= 0.6 is 0 Å². The molecule has 0 heterocycles. The Labute approximate surface area is 116 Å². The number of ether oxygens (including phenoxy) is 1. The Morgan fingerprint density at radius 2 is 1.67 bits per heavy atom. The average Bonchev–Trinajstić information content (AvgIpc) is 2.37. The number of carboxylic acids is 1. The van der Waals surface area contributed by atoms with Crippen LogP contribution in [0.25, 0.3) is 0 Å². The van der Waals surface area contributed by atoms with Gasteiger partial charge in [0.05, 0.1) is 0 Å². The van der Waals surface area contributed by atoms with Gasteiger partial charge >= 0.3 is 18.2 Å². The maximum absolute atomic E-state index is 10.6. The summed E-state index contributed by atoms with van der Waals surface area (Å²) in [5.74, 6) is -3.02. The van der Waals surface area contributed by atoms with Crippen LogP contribution < -0.4 is 11.5 Å². The smallest absolute Gasteiger partial charge is 0.475 e. The predicted molar refractivity (Wildman–Crippen MR) is 65.5 cm³/mol. The summed E-state index contributed by atoms with van der Waals surface area (Å²) < 4.78 is 36.1. The van der Waals surface area contributed by atoms with Crippen molar-refractivity contribution in [2.24, 2.45) is 11.5 Å². The fourth-order valence-electron chi connectivity index (χ4n) is 0.952. The minimum atomic E-state index is -5.08. The van der Waals surface area contributed by atoms with E-state index >= 15 is 0 Å². The number of primary amides is 1. The molecule has 0 bridgehead atoms. The monoisotopic (exact) mass is 307 g/mol. The first-order chi connectivity index (χ1) is 9.57. The van der Waals surface area contributed by atoms with Gasteiger partial charge in [-0.05, 0) is 17.7 Å². The Morgan fingerprint density at radius 3 is 1.95 bits per heavy atom. The summed E-state index contributed by atoms with van der Waals surface area (Å²) >= 11 is 0. The molecule has 0 atom stereocenters. The Kier molecular flexibility index (Phi) is 6.87. The Balaban J connectivity index is 0.000000486. The van der Waals surface area contributed by atoms with E-state index in [-0.39, 0.29) is 5.90 Å². The minimum Gasteiger partial charge on any atom is -0.475 e. The molecule has 1 aromatic rings. The minimum absolute atomic E-state index is 0.263. The molecular formula is C11H12F3N3O4. The first-order valence-corrected chi connectivity index (χ1v) is 5.23. The number of carboxylic acid groups (broad SMARTS) is 1. The van der Waals surface area contributed by atoms with Crippen LogP contribution in [0, 0.1) is 5.41 Å². The van der Waals surface area contributed by atoms with Gasteiger partial charge in [0.25, 0.3) is 0 Å². The van der Waals surface area contributed by atoms with Gasteiger partial charge in [-0.15, -0.1) is 0 Å². The second kappa shape index (κ2) is 7.85. The molecule has 0 aliphatic carbocycles. The molecule has 0 saturated heterocycles. The summed E-state index contributed by atoms with van der Waals surface area (Å²) in [5, 5.41) is 14.5. The maximum Gasteiger partial charge on any atom is 0.490 e. The summed E-state index contributed by atoms with van der Waals surface area (Å²) in [6.45, 7) is 0.435. The third-order valence-corrected chi connectivity index (χ3v) is 1.90. The summed E-state index contributed by atoms with van der Waals surface area (Å²) in [6.07, 6.45) is -6.07. The molecule has 7 nitrogen and oxygen atoms in total. The van der Waals surface area contributed by atoms with Crippen LogP contribution in [0.5, 0.6) is 0 Å². The fourth-order valence-corrected chi connectivity index (χ4v) is 0.952. The van der Waals surface area contributed by atoms with E-state index in [2.05, 4.69) is 4.74 Å². The van der Waals surface area contributed by atoms with Gasteiger partial charge in [-0.1, -0.05) is 12.1 Å². The standard InChI is InChI=1S/C9H11N3O2.C2HF3O2/c10-5-6-1-3-7(4-2-6)8(11)14-9(12)13;3-2(4,5)1(6)7/h1-4,11H,5,10H2,(H2,12,13);(H,6,7). The van der Waals surface area contributed by atoms with Gasteiger partial charge in [0, 0.05) is 12.1 Å². The van der Waals surface area contributed by atoms with Crippen molar-refractivity contribution in [3.05, 3.63) is 35.4 Å². The second-order valence-corrected chi connectivity index (χ2v) is 3.45. The molecule has 0 aliphatic heterocycles. The highest BCUT2D eigenvalue weighted by atomic mass is 19.4. The largest absolute Gasteiger partial charge is 0.490 e. The average molecular weight is 307 g/mol. The lowest BCUT2D eigenvalue weighted by molar-refractivity contribution is -0.192. The van der Waals surface area contributed by atoms with Gasteiger partial charge in [0.15, 0.2) is 0 Å². The molecule has 1 amide bonds. The molecular weight excluding hydrogens is 295 g/mol. The number of benzene rings is 1. The molecule has 0 aromatic heterocycles. The molecule has 0 fully saturated rings. The van der Waals surface area contributed by atoms with Crippen molar-refractivity contribution in [2.75, 3.05) is 0 Å². The van der Waals surface area contributed by atoms with Crippen molar-refractivity contribution >= 4 is 18.0 Å². The number of hydrogen-bond donors (Lipinski definition) is 4. The van der Waals surface area contributed by atoms with E-state index in [4.69, 9.17) is 26.8 Å². The molecule has 21 heavy (non-hydrogen) atoms. The molecule has 1 aromatic carbocycles. The summed E-state index contributed by atoms with van der Waals surface area (Å²) in [6, 6.07) is 6.81. The molecule has 0 unspecified atom stereocenters. The molecule has 0 radical (unpaired) electrons. The Hall–Kier alpha value is -2.62. The number of nitrogens with one attached hydrogen (secondary N) is 1. The van der Waals surface area contributed by atoms with Crippen LogP contribution in [0.4, 0.5) is 18.0 Å². The van der Waals surface area contributed by atoms with Gasteiger partial charge in [0.2, 0.25) is 5.90 Å². The molecule has 116 valence electrons. The van der Waals surface area contributed by atoms with Gasteiger partial charge in [-0.3, -0.25) is 5.41 Å². The first kappa shape index (κ1) is 18.4. The lowest BCUT2D eigenvalue weighted by Crippen LogP contribution is -2.21. The molecule has 0 spiro atoms. The van der Waals surface area contributed by atoms with Crippen molar-refractivity contribution < 1.29 is 32.6 Å². The molecule has 0 saturated carbocycles. The van der Waals surface area contributed by atoms with E-state index in [0.29, 0.717) is 12.1 Å². The normalized spacial score (nSPS) is 10.1. The molecule has 0 aliphatic rings. The first-order valence-electron chi connectivity index (χ1n) is 5.23. The van der Waals surface area contributed by atoms with Gasteiger partial charge in [-0.2, -0.15) is 13.2 Å². The van der Waals surface area contributed by atoms with E-state index in [0.717, 1.165) is 5.56 Å². The zero-order valence-corrected chi connectivity index (χ0v) is 10.5. The third-order valence-electron chi connectivity index (χ3n) is 1.90. The lowest BCUT2D eigenvalue weighted by atomic mass is 10.1. The number of aliphatic carboxylic acids is 1. The highest BCUT2D eigenvalue weighted by Crippen LogP contribution is 2.13. The van der Waals surface area contributed by atoms with Crippen molar-refractivity contribution in [1.82, 2.24) is 0 Å². The van der Waals surface area contributed by atoms with Crippen LogP contribution in [-0.4, -0.2) is 29.2 Å². The summed E-state index contributed by atoms with van der Waals surface area (Å²) in [7, 11) is 0. The maximum atomic E-state index is 10.6. The molecule has 10 heteroatoms. The Morgan fingerprint density at radius 1 is 1.24 bits per heavy atom. The van der Waals surface area contributed by atoms with Crippen LogP contribution in [0.1, 0.15) is 11.1 Å². The number of amides is 1. The molecule has 6 N–H and O–H groups in total. The number of hydrogen-bond acceptors (Lipinski definition) is 5. The third kappa shape index (κ3) is 7.52. The quantitative estimate of drug-likeness (QED) is 0.480. The number of rotatable bonds is 2. The number of alkyl halides is 3. The number of halogens is 3. The van der Waals surface area contributed by atoms with E-state index in [1.807, 2.05) is 0 Å². The predicted octanol–water partition coefficient (Wildman–Crippen LogP) is 1.20. The zero-order chi connectivity index (χ0) is 16.6. The summed E-state index contributed by atoms with van der Waals surface area (Å²) in [5.41, 5.74) is 11.6. The van der Waals surface area contributed by atoms with E-state index in [1.165, 1.54) is 0 Å². The number of nitrogens with two attached hydrogens (primary N) is 2. The van der Waals surface area contributed by atoms with Gasteiger partial charge < -0.3 is 21.3 Å². The Bertz CT molecular complexity index is 514. The van der Waals surface area contributed by atoms with Crippen molar-refractivity contribution in [3.8, 4) is 0 Å². The van der Waals surface area contributed by atoms with E-state index in [9.17, 15) is 18.0 Å². The van der Waals surface area contributed by atoms with Crippen LogP contribution in [-0.2, 0) is 16.1 Å². The SMILES string of the molecule is N=C(OC(N)=O)c1ccc(CN)cc1.O=C(O)C(F)(F)F. The number of carbonyl (C=O) groups is 2. The topological polar surface area (TPSA) is 139 Å². The van der Waals surface area contributed by atoms with Crippen LogP contribution in [0.3, 0.4) is 0 Å². The second-order valence-electron chi connectivity index (χ2n) is 3.45. The molecule has 1 rings (SSSR count). The fraction of sp³-hybridized carbons (Fsp3) is 0.182. The zero-order valence-electron chi connectivity index (χ0n) is 10.5.